The van der Waals surface area contributed by atoms with Gasteiger partial charge in [-0.15, -0.1) is 0 Å². The molecule has 1 aliphatic rings. The molecule has 0 heterocycles. The molecular formula is C23H27FN4O3S. The van der Waals surface area contributed by atoms with Crippen LogP contribution in [-0.2, 0) is 10.0 Å². The minimum Gasteiger partial charge on any atom is -0.382 e. The van der Waals surface area contributed by atoms with E-state index in [-0.39, 0.29) is 35.2 Å². The molecule has 0 atom stereocenters. The first kappa shape index (κ1) is 23.7. The predicted molar refractivity (Wildman–Crippen MR) is 120 cm³/mol. The third-order valence-electron chi connectivity index (χ3n) is 5.71. The van der Waals surface area contributed by atoms with E-state index in [9.17, 15) is 17.6 Å². The van der Waals surface area contributed by atoms with Gasteiger partial charge in [-0.25, -0.2) is 12.8 Å². The fourth-order valence-electron chi connectivity index (χ4n) is 3.87. The van der Waals surface area contributed by atoms with Gasteiger partial charge in [0, 0.05) is 31.7 Å². The van der Waals surface area contributed by atoms with Crippen molar-refractivity contribution in [1.82, 2.24) is 9.62 Å². The third kappa shape index (κ3) is 5.44. The van der Waals surface area contributed by atoms with Crippen molar-refractivity contribution in [3.05, 3.63) is 59.4 Å². The van der Waals surface area contributed by atoms with Crippen LogP contribution in [0.5, 0.6) is 0 Å². The van der Waals surface area contributed by atoms with Crippen LogP contribution in [0.4, 0.5) is 10.1 Å². The van der Waals surface area contributed by atoms with E-state index in [1.807, 2.05) is 0 Å². The summed E-state index contributed by atoms with van der Waals surface area (Å²) >= 11 is 0. The molecule has 1 fully saturated rings. The molecule has 0 unspecified atom stereocenters. The number of nitriles is 1. The van der Waals surface area contributed by atoms with Crippen LogP contribution in [0, 0.1) is 17.1 Å². The van der Waals surface area contributed by atoms with Gasteiger partial charge in [-0.3, -0.25) is 4.79 Å². The van der Waals surface area contributed by atoms with Crippen LogP contribution in [0.1, 0.15) is 48.0 Å². The first-order valence-corrected chi connectivity index (χ1v) is 12.1. The van der Waals surface area contributed by atoms with Gasteiger partial charge in [-0.1, -0.05) is 31.4 Å². The van der Waals surface area contributed by atoms with Crippen molar-refractivity contribution in [2.75, 3.05) is 25.5 Å². The Kier molecular flexibility index (Phi) is 7.83. The Hall–Kier alpha value is -2.96. The van der Waals surface area contributed by atoms with E-state index < -0.39 is 21.7 Å². The lowest BCUT2D eigenvalue weighted by Gasteiger charge is -2.30. The van der Waals surface area contributed by atoms with E-state index in [4.69, 9.17) is 5.26 Å². The Morgan fingerprint density at radius 2 is 1.88 bits per heavy atom. The van der Waals surface area contributed by atoms with Crippen molar-refractivity contribution >= 4 is 21.6 Å². The number of amides is 1. The van der Waals surface area contributed by atoms with Crippen LogP contribution in [0.3, 0.4) is 0 Å². The van der Waals surface area contributed by atoms with Gasteiger partial charge in [-0.2, -0.15) is 9.57 Å². The number of hydrogen-bond donors (Lipinski definition) is 2. The van der Waals surface area contributed by atoms with Crippen molar-refractivity contribution in [3.8, 4) is 6.07 Å². The van der Waals surface area contributed by atoms with E-state index in [1.54, 1.807) is 31.3 Å². The van der Waals surface area contributed by atoms with Gasteiger partial charge in [0.15, 0.2) is 0 Å². The molecule has 0 saturated heterocycles. The maximum atomic E-state index is 13.6. The normalized spacial score (nSPS) is 14.7. The number of carbonyl (C=O) groups excluding carboxylic acids is 1. The second-order valence-corrected chi connectivity index (χ2v) is 9.80. The van der Waals surface area contributed by atoms with Gasteiger partial charge < -0.3 is 10.6 Å². The first-order chi connectivity index (χ1) is 15.3. The average molecular weight is 459 g/mol. The largest absolute Gasteiger partial charge is 0.382 e. The van der Waals surface area contributed by atoms with Crippen molar-refractivity contribution in [1.29, 1.82) is 5.26 Å². The Bertz CT molecular complexity index is 1110. The van der Waals surface area contributed by atoms with E-state index >= 15 is 0 Å². The lowest BCUT2D eigenvalue weighted by atomic mass is 9.96. The Labute approximate surface area is 188 Å². The quantitative estimate of drug-likeness (QED) is 0.590. The summed E-state index contributed by atoms with van der Waals surface area (Å²) in [6, 6.07) is 12.1. The average Bonchev–Trinajstić information content (AvgIpc) is 2.82. The highest BCUT2D eigenvalue weighted by atomic mass is 32.2. The first-order valence-electron chi connectivity index (χ1n) is 10.6. The lowest BCUT2D eigenvalue weighted by Crippen LogP contribution is -2.38. The summed E-state index contributed by atoms with van der Waals surface area (Å²) in [7, 11) is -2.09. The number of nitrogens with zero attached hydrogens (tertiary/aromatic N) is 2. The smallest absolute Gasteiger partial charge is 0.251 e. The SMILES string of the molecule is CN(C1CCCCC1)S(=O)(=O)c1cccc(C(=O)NCCNc2cccc(F)c2C#N)c1. The minimum absolute atomic E-state index is 0.0153. The summed E-state index contributed by atoms with van der Waals surface area (Å²) in [6.07, 6.45) is 4.87. The summed E-state index contributed by atoms with van der Waals surface area (Å²) in [5.74, 6) is -1.03. The van der Waals surface area contributed by atoms with Gasteiger partial charge in [0.05, 0.1) is 10.6 Å². The predicted octanol–water partition coefficient (Wildman–Crippen LogP) is 3.49. The number of halogens is 1. The van der Waals surface area contributed by atoms with Crippen LogP contribution in [0.15, 0.2) is 47.4 Å². The molecule has 7 nitrogen and oxygen atoms in total. The van der Waals surface area contributed by atoms with Crippen molar-refractivity contribution in [2.45, 2.75) is 43.0 Å². The molecule has 0 aromatic heterocycles. The lowest BCUT2D eigenvalue weighted by molar-refractivity contribution is 0.0955. The fourth-order valence-corrected chi connectivity index (χ4v) is 5.33. The number of carbonyl (C=O) groups is 1. The summed E-state index contributed by atoms with van der Waals surface area (Å²) < 4.78 is 41.1. The number of sulfonamides is 1. The third-order valence-corrected chi connectivity index (χ3v) is 7.62. The summed E-state index contributed by atoms with van der Waals surface area (Å²) in [5.41, 5.74) is 0.506. The number of anilines is 1. The zero-order valence-corrected chi connectivity index (χ0v) is 18.8. The molecule has 3 rings (SSSR count). The van der Waals surface area contributed by atoms with Crippen LogP contribution in [0.25, 0.3) is 0 Å². The molecule has 0 bridgehead atoms. The molecule has 2 N–H and O–H groups in total. The number of benzene rings is 2. The zero-order chi connectivity index (χ0) is 23.1. The Morgan fingerprint density at radius 1 is 1.16 bits per heavy atom. The van der Waals surface area contributed by atoms with E-state index in [0.717, 1.165) is 32.1 Å². The van der Waals surface area contributed by atoms with Crippen LogP contribution in [0.2, 0.25) is 0 Å². The monoisotopic (exact) mass is 458 g/mol. The maximum Gasteiger partial charge on any atom is 0.251 e. The van der Waals surface area contributed by atoms with Crippen LogP contribution < -0.4 is 10.6 Å². The van der Waals surface area contributed by atoms with Gasteiger partial charge in [-0.05, 0) is 43.2 Å². The second-order valence-electron chi connectivity index (χ2n) is 7.80. The Morgan fingerprint density at radius 3 is 2.59 bits per heavy atom. The van der Waals surface area contributed by atoms with Gasteiger partial charge in [0.2, 0.25) is 10.0 Å². The van der Waals surface area contributed by atoms with Gasteiger partial charge >= 0.3 is 0 Å². The molecule has 0 radical (unpaired) electrons. The summed E-state index contributed by atoms with van der Waals surface area (Å²) in [4.78, 5) is 12.6. The maximum absolute atomic E-state index is 13.6. The minimum atomic E-state index is -3.69. The molecule has 2 aromatic carbocycles. The van der Waals surface area contributed by atoms with E-state index in [2.05, 4.69) is 10.6 Å². The molecule has 0 aliphatic heterocycles. The number of hydrogen-bond acceptors (Lipinski definition) is 5. The molecule has 32 heavy (non-hydrogen) atoms. The number of rotatable bonds is 8. The zero-order valence-electron chi connectivity index (χ0n) is 18.0. The second kappa shape index (κ2) is 10.6. The summed E-state index contributed by atoms with van der Waals surface area (Å²) in [6.45, 7) is 0.478. The Balaban J connectivity index is 1.60. The highest BCUT2D eigenvalue weighted by molar-refractivity contribution is 7.89. The topological polar surface area (TPSA) is 102 Å². The molecular weight excluding hydrogens is 431 g/mol. The van der Waals surface area contributed by atoms with Crippen LogP contribution in [-0.4, -0.2) is 44.8 Å². The van der Waals surface area contributed by atoms with E-state index in [1.165, 1.54) is 28.6 Å². The standard InChI is InChI=1S/C23H27FN4O3S/c1-28(18-8-3-2-4-9-18)32(30,31)19-10-5-7-17(15-19)23(29)27-14-13-26-22-12-6-11-21(24)20(22)16-25/h5-7,10-12,15,18,26H,2-4,8-9,13-14H2,1H3,(H,27,29). The summed E-state index contributed by atoms with van der Waals surface area (Å²) in [5, 5.41) is 14.7. The highest BCUT2D eigenvalue weighted by Gasteiger charge is 2.29. The molecule has 1 saturated carbocycles. The molecule has 0 spiro atoms. The molecule has 2 aromatic rings. The van der Waals surface area contributed by atoms with Gasteiger partial charge in [0.1, 0.15) is 17.4 Å². The van der Waals surface area contributed by atoms with E-state index in [0.29, 0.717) is 5.69 Å². The van der Waals surface area contributed by atoms with Crippen molar-refractivity contribution < 1.29 is 17.6 Å². The number of nitrogens with one attached hydrogen (secondary N) is 2. The highest BCUT2D eigenvalue weighted by Crippen LogP contribution is 2.26. The molecule has 9 heteroatoms. The molecule has 1 aliphatic carbocycles. The molecule has 1 amide bonds. The van der Waals surface area contributed by atoms with Gasteiger partial charge in [0.25, 0.3) is 5.91 Å². The van der Waals surface area contributed by atoms with Crippen molar-refractivity contribution in [2.24, 2.45) is 0 Å². The van der Waals surface area contributed by atoms with Crippen molar-refractivity contribution in [3.63, 3.8) is 0 Å². The van der Waals surface area contributed by atoms with Crippen LogP contribution >= 0.6 is 0 Å². The molecule has 170 valence electrons. The fraction of sp³-hybridized carbons (Fsp3) is 0.391.